The van der Waals surface area contributed by atoms with Crippen molar-refractivity contribution in [2.45, 2.75) is 25.2 Å². The fraction of sp³-hybridized carbons (Fsp3) is 0.227. The molecule has 0 radical (unpaired) electrons. The molecule has 0 amide bonds. The van der Waals surface area contributed by atoms with Crippen LogP contribution >= 0.6 is 15.9 Å². The van der Waals surface area contributed by atoms with Crippen LogP contribution in [0.3, 0.4) is 0 Å². The molecule has 0 saturated heterocycles. The molecule has 146 valence electrons. The molecule has 2 aromatic heterocycles. The minimum absolute atomic E-state index is 0.246. The van der Waals surface area contributed by atoms with Crippen molar-refractivity contribution >= 4 is 26.8 Å². The standard InChI is InChI=1S/C22H18BrN3O3/c23-15-5-8-19-14(9-15)10-18(22(28)24-19)21-25-20(29-26-21)11-17(12-1-2-12)13-3-6-16(27)7-4-13/h3-10,12,17,27H,1-2,11H2,(H,24,28). The first kappa shape index (κ1) is 18.1. The summed E-state index contributed by atoms with van der Waals surface area (Å²) in [4.78, 5) is 19.9. The summed E-state index contributed by atoms with van der Waals surface area (Å²) in [6.45, 7) is 0. The van der Waals surface area contributed by atoms with E-state index in [4.69, 9.17) is 4.52 Å². The number of nitrogens with one attached hydrogen (secondary N) is 1. The third-order valence-electron chi connectivity index (χ3n) is 5.42. The Morgan fingerprint density at radius 3 is 2.72 bits per heavy atom. The Kier molecular flexibility index (Phi) is 4.47. The Morgan fingerprint density at radius 1 is 1.17 bits per heavy atom. The van der Waals surface area contributed by atoms with E-state index in [1.165, 1.54) is 12.8 Å². The molecule has 5 rings (SSSR count). The Hall–Kier alpha value is -2.93. The van der Waals surface area contributed by atoms with Crippen LogP contribution in [0.25, 0.3) is 22.3 Å². The number of nitrogens with zero attached hydrogens (tertiary/aromatic N) is 2. The highest BCUT2D eigenvalue weighted by Crippen LogP contribution is 2.44. The van der Waals surface area contributed by atoms with Gasteiger partial charge in [0.05, 0.1) is 5.56 Å². The molecule has 1 aliphatic carbocycles. The molecule has 2 heterocycles. The summed E-state index contributed by atoms with van der Waals surface area (Å²) in [5, 5.41) is 14.5. The number of pyridine rings is 1. The van der Waals surface area contributed by atoms with E-state index < -0.39 is 0 Å². The summed E-state index contributed by atoms with van der Waals surface area (Å²) < 4.78 is 6.42. The summed E-state index contributed by atoms with van der Waals surface area (Å²) in [5.74, 6) is 1.90. The van der Waals surface area contributed by atoms with Crippen molar-refractivity contribution in [3.05, 3.63) is 74.8 Å². The van der Waals surface area contributed by atoms with Crippen LogP contribution in [-0.4, -0.2) is 20.2 Å². The van der Waals surface area contributed by atoms with Crippen LogP contribution in [-0.2, 0) is 6.42 Å². The molecule has 1 aliphatic rings. The van der Waals surface area contributed by atoms with Gasteiger partial charge in [-0.2, -0.15) is 4.98 Å². The van der Waals surface area contributed by atoms with Crippen molar-refractivity contribution in [1.82, 2.24) is 15.1 Å². The monoisotopic (exact) mass is 451 g/mol. The normalized spacial score (nSPS) is 14.9. The number of hydrogen-bond donors (Lipinski definition) is 2. The first-order valence-corrected chi connectivity index (χ1v) is 10.3. The molecule has 1 fully saturated rings. The third-order valence-corrected chi connectivity index (χ3v) is 5.92. The molecule has 1 saturated carbocycles. The molecule has 6 nitrogen and oxygen atoms in total. The lowest BCUT2D eigenvalue weighted by atomic mass is 9.91. The van der Waals surface area contributed by atoms with Gasteiger partial charge in [-0.05, 0) is 66.6 Å². The molecule has 0 spiro atoms. The lowest BCUT2D eigenvalue weighted by molar-refractivity contribution is 0.363. The molecule has 0 aliphatic heterocycles. The van der Waals surface area contributed by atoms with Gasteiger partial charge in [0.1, 0.15) is 5.75 Å². The molecule has 0 bridgehead atoms. The quantitative estimate of drug-likeness (QED) is 0.455. The van der Waals surface area contributed by atoms with Gasteiger partial charge in [0.25, 0.3) is 5.56 Å². The lowest BCUT2D eigenvalue weighted by Crippen LogP contribution is -2.09. The van der Waals surface area contributed by atoms with Crippen LogP contribution in [0.2, 0.25) is 0 Å². The number of H-pyrrole nitrogens is 1. The van der Waals surface area contributed by atoms with Gasteiger partial charge in [-0.1, -0.05) is 33.2 Å². The van der Waals surface area contributed by atoms with Gasteiger partial charge >= 0.3 is 0 Å². The summed E-state index contributed by atoms with van der Waals surface area (Å²) in [6, 6.07) is 14.8. The number of hydrogen-bond acceptors (Lipinski definition) is 5. The summed E-state index contributed by atoms with van der Waals surface area (Å²) in [5.41, 5.74) is 2.05. The van der Waals surface area contributed by atoms with Crippen LogP contribution in [0.15, 0.2) is 62.3 Å². The topological polar surface area (TPSA) is 92.0 Å². The molecule has 7 heteroatoms. The fourth-order valence-electron chi connectivity index (χ4n) is 3.76. The predicted octanol–water partition coefficient (Wildman–Crippen LogP) is 4.78. The molecule has 4 aromatic rings. The predicted molar refractivity (Wildman–Crippen MR) is 113 cm³/mol. The maximum Gasteiger partial charge on any atom is 0.259 e. The van der Waals surface area contributed by atoms with Gasteiger partial charge in [-0.15, -0.1) is 0 Å². The largest absolute Gasteiger partial charge is 0.508 e. The smallest absolute Gasteiger partial charge is 0.259 e. The number of aromatic nitrogens is 3. The lowest BCUT2D eigenvalue weighted by Gasteiger charge is -2.14. The van der Waals surface area contributed by atoms with E-state index in [1.807, 2.05) is 30.3 Å². The van der Waals surface area contributed by atoms with Gasteiger partial charge in [0.15, 0.2) is 0 Å². The van der Waals surface area contributed by atoms with Gasteiger partial charge in [0, 0.05) is 21.8 Å². The molecule has 2 aromatic carbocycles. The average Bonchev–Trinajstić information content (AvgIpc) is 3.45. The van der Waals surface area contributed by atoms with Crippen molar-refractivity contribution in [3.8, 4) is 17.1 Å². The minimum Gasteiger partial charge on any atom is -0.508 e. The zero-order valence-corrected chi connectivity index (χ0v) is 17.0. The first-order chi connectivity index (χ1) is 14.1. The van der Waals surface area contributed by atoms with Crippen LogP contribution in [0.1, 0.15) is 30.2 Å². The van der Waals surface area contributed by atoms with Crippen molar-refractivity contribution in [2.75, 3.05) is 0 Å². The highest BCUT2D eigenvalue weighted by Gasteiger charge is 2.33. The number of benzene rings is 2. The number of aromatic hydroxyl groups is 1. The van der Waals surface area contributed by atoms with Gasteiger partial charge in [-0.25, -0.2) is 0 Å². The number of phenols is 1. The average molecular weight is 452 g/mol. The Labute approximate surface area is 174 Å². The number of rotatable bonds is 5. The minimum atomic E-state index is -0.246. The Morgan fingerprint density at radius 2 is 1.97 bits per heavy atom. The molecule has 1 atom stereocenters. The van der Waals surface area contributed by atoms with Crippen LogP contribution < -0.4 is 5.56 Å². The molecule has 1 unspecified atom stereocenters. The maximum atomic E-state index is 12.5. The molecular formula is C22H18BrN3O3. The van der Waals surface area contributed by atoms with E-state index in [-0.39, 0.29) is 17.2 Å². The zero-order chi connectivity index (χ0) is 20.0. The highest BCUT2D eigenvalue weighted by molar-refractivity contribution is 9.10. The second-order valence-corrected chi connectivity index (χ2v) is 8.41. The van der Waals surface area contributed by atoms with E-state index in [2.05, 4.69) is 31.1 Å². The van der Waals surface area contributed by atoms with E-state index in [0.29, 0.717) is 29.6 Å². The van der Waals surface area contributed by atoms with Crippen LogP contribution in [0.5, 0.6) is 5.75 Å². The van der Waals surface area contributed by atoms with Gasteiger partial charge in [0.2, 0.25) is 11.7 Å². The summed E-state index contributed by atoms with van der Waals surface area (Å²) >= 11 is 3.45. The van der Waals surface area contributed by atoms with E-state index >= 15 is 0 Å². The Bertz CT molecular complexity index is 1240. The zero-order valence-electron chi connectivity index (χ0n) is 15.4. The number of aromatic amines is 1. The van der Waals surface area contributed by atoms with Crippen LogP contribution in [0.4, 0.5) is 0 Å². The Balaban J connectivity index is 1.46. The molecular weight excluding hydrogens is 434 g/mol. The fourth-order valence-corrected chi connectivity index (χ4v) is 4.13. The summed E-state index contributed by atoms with van der Waals surface area (Å²) in [7, 11) is 0. The van der Waals surface area contributed by atoms with Crippen molar-refractivity contribution in [3.63, 3.8) is 0 Å². The van der Waals surface area contributed by atoms with Gasteiger partial charge in [-0.3, -0.25) is 4.79 Å². The maximum absolute atomic E-state index is 12.5. The number of phenolic OH excluding ortho intramolecular Hbond substituents is 1. The van der Waals surface area contributed by atoms with Crippen molar-refractivity contribution in [2.24, 2.45) is 5.92 Å². The van der Waals surface area contributed by atoms with E-state index in [1.54, 1.807) is 18.2 Å². The second kappa shape index (κ2) is 7.15. The van der Waals surface area contributed by atoms with Crippen molar-refractivity contribution in [1.29, 1.82) is 0 Å². The van der Waals surface area contributed by atoms with Crippen LogP contribution in [0, 0.1) is 5.92 Å². The SMILES string of the molecule is O=c1[nH]c2ccc(Br)cc2cc1-c1noc(CC(c2ccc(O)cc2)C2CC2)n1. The number of fused-ring (bicyclic) bond motifs is 1. The molecule has 2 N–H and O–H groups in total. The summed E-state index contributed by atoms with van der Waals surface area (Å²) in [6.07, 6.45) is 2.96. The van der Waals surface area contributed by atoms with E-state index in [9.17, 15) is 9.90 Å². The number of halogens is 1. The third kappa shape index (κ3) is 3.70. The first-order valence-electron chi connectivity index (χ1n) is 9.51. The highest BCUT2D eigenvalue weighted by atomic mass is 79.9. The second-order valence-electron chi connectivity index (χ2n) is 7.50. The molecule has 29 heavy (non-hydrogen) atoms. The van der Waals surface area contributed by atoms with Gasteiger partial charge < -0.3 is 14.6 Å². The van der Waals surface area contributed by atoms with E-state index in [0.717, 1.165) is 20.9 Å². The van der Waals surface area contributed by atoms with Crippen molar-refractivity contribution < 1.29 is 9.63 Å².